The van der Waals surface area contributed by atoms with Gasteiger partial charge < -0.3 is 4.90 Å². The minimum absolute atomic E-state index is 0.895. The molecule has 0 radical (unpaired) electrons. The zero-order valence-corrected chi connectivity index (χ0v) is 49.9. The zero-order chi connectivity index (χ0) is 61.5. The molecule has 91 heavy (non-hydrogen) atoms. The summed E-state index contributed by atoms with van der Waals surface area (Å²) in [6.07, 6.45) is 12.8. The van der Waals surface area contributed by atoms with Crippen LogP contribution in [0.25, 0.3) is 36.5 Å². The van der Waals surface area contributed by atoms with E-state index in [4.69, 9.17) is 0 Å². The van der Waals surface area contributed by atoms with Crippen LogP contribution in [0.2, 0.25) is 0 Å². The lowest BCUT2D eigenvalue weighted by Gasteiger charge is -2.26. The second kappa shape index (κ2) is 29.9. The molecule has 0 bridgehead atoms. The predicted octanol–water partition coefficient (Wildman–Crippen LogP) is 20.1. The SMILES string of the molecule is C(#Cc1cc(C#Cc2ccccc2)cc(/C=C/c2ccc(N(c3ccc(/C=C/c4cc(C#Cc5ccccc5)cc(C#Cc5ccccc5)c4)cc3)c3ccc(/C=C/c4cc(C#Cc5ccccc5)cc(C#Cc5ccccc5)c4)cc3)cc2)c1)c1ccccc1. The molecular weight excluding hydrogens is 1090 g/mol. The molecule has 0 N–H and O–H groups in total. The third-order valence-electron chi connectivity index (χ3n) is 14.5. The first-order valence-corrected chi connectivity index (χ1v) is 30.0. The van der Waals surface area contributed by atoms with E-state index in [0.29, 0.717) is 0 Å². The van der Waals surface area contributed by atoms with Gasteiger partial charge in [-0.3, -0.25) is 0 Å². The van der Waals surface area contributed by atoms with Crippen LogP contribution in [0.4, 0.5) is 17.1 Å². The maximum Gasteiger partial charge on any atom is 0.0462 e. The summed E-state index contributed by atoms with van der Waals surface area (Å²) in [4.78, 5) is 2.29. The largest absolute Gasteiger partial charge is 0.311 e. The molecule has 0 aliphatic heterocycles. The van der Waals surface area contributed by atoms with Crippen molar-refractivity contribution in [2.24, 2.45) is 0 Å². The van der Waals surface area contributed by atoms with Crippen molar-refractivity contribution in [3.63, 3.8) is 0 Å². The maximum absolute atomic E-state index is 3.39. The van der Waals surface area contributed by atoms with E-state index in [1.165, 1.54) is 0 Å². The van der Waals surface area contributed by atoms with Gasteiger partial charge in [-0.05, 0) is 197 Å². The van der Waals surface area contributed by atoms with E-state index in [1.54, 1.807) is 0 Å². The summed E-state index contributed by atoms with van der Waals surface area (Å²) < 4.78 is 0. The highest BCUT2D eigenvalue weighted by Gasteiger charge is 2.13. The number of hydrogen-bond donors (Lipinski definition) is 0. The van der Waals surface area contributed by atoms with Gasteiger partial charge in [-0.2, -0.15) is 0 Å². The molecule has 1 heteroatoms. The van der Waals surface area contributed by atoms with Gasteiger partial charge in [-0.25, -0.2) is 0 Å². The summed E-state index contributed by atoms with van der Waals surface area (Å²) in [6, 6.07) is 105. The Morgan fingerprint density at radius 2 is 0.319 bits per heavy atom. The van der Waals surface area contributed by atoms with E-state index in [-0.39, 0.29) is 0 Å². The molecule has 0 unspecified atom stereocenters. The lowest BCUT2D eigenvalue weighted by atomic mass is 10.0. The summed E-state index contributed by atoms with van der Waals surface area (Å²) >= 11 is 0. The average molecular weight is 1150 g/mol. The Morgan fingerprint density at radius 1 is 0.154 bits per heavy atom. The second-order valence-corrected chi connectivity index (χ2v) is 21.3. The molecule has 0 saturated heterocycles. The zero-order valence-electron chi connectivity index (χ0n) is 49.9. The summed E-state index contributed by atoms with van der Waals surface area (Å²) in [7, 11) is 0. The standard InChI is InChI=1S/C90H57N/c1-7-19-70(20-8-1)31-40-79-61-80(41-32-71-21-9-2-10-22-71)65-85(64-79)46-37-76-49-55-88(56-50-76)91(89-57-51-77(52-58-89)38-47-86-66-81(42-33-72-23-11-3-12-24-72)62-82(67-86)43-34-73-25-13-4-14-26-73)90-59-53-78(54-60-90)39-48-87-68-83(44-35-74-27-15-5-16-28-74)63-84(69-87)45-36-75-29-17-6-18-30-75/h1-30,37-39,46-69H/b46-37+,47-38+,48-39+. The highest BCUT2D eigenvalue weighted by molar-refractivity contribution is 5.81. The van der Waals surface area contributed by atoms with Gasteiger partial charge in [0.15, 0.2) is 0 Å². The second-order valence-electron chi connectivity index (χ2n) is 21.3. The number of hydrogen-bond acceptors (Lipinski definition) is 1. The topological polar surface area (TPSA) is 3.24 Å². The lowest BCUT2D eigenvalue weighted by molar-refractivity contribution is 1.28. The summed E-state index contributed by atoms with van der Waals surface area (Å²) in [5.74, 6) is 40.3. The highest BCUT2D eigenvalue weighted by atomic mass is 15.1. The molecule has 0 aliphatic carbocycles. The van der Waals surface area contributed by atoms with Gasteiger partial charge in [-0.1, -0.05) is 253 Å². The van der Waals surface area contributed by atoms with Crippen LogP contribution in [-0.4, -0.2) is 0 Å². The molecule has 0 spiro atoms. The highest BCUT2D eigenvalue weighted by Crippen LogP contribution is 2.36. The van der Waals surface area contributed by atoms with Crippen LogP contribution in [0.1, 0.15) is 100 Å². The molecule has 0 aromatic heterocycles. The third-order valence-corrected chi connectivity index (χ3v) is 14.5. The first-order valence-electron chi connectivity index (χ1n) is 30.0. The van der Waals surface area contributed by atoms with Gasteiger partial charge in [0.1, 0.15) is 0 Å². The molecule has 0 aliphatic rings. The van der Waals surface area contributed by atoms with Crippen molar-refractivity contribution in [2.75, 3.05) is 4.90 Å². The van der Waals surface area contributed by atoms with Crippen LogP contribution in [0.5, 0.6) is 0 Å². The van der Waals surface area contributed by atoms with Crippen molar-refractivity contribution in [2.45, 2.75) is 0 Å². The minimum atomic E-state index is 0.895. The van der Waals surface area contributed by atoms with Gasteiger partial charge in [0, 0.05) is 83.8 Å². The monoisotopic (exact) mass is 1150 g/mol. The van der Waals surface area contributed by atoms with Crippen molar-refractivity contribution in [3.05, 3.63) is 410 Å². The van der Waals surface area contributed by atoms with Crippen LogP contribution >= 0.6 is 0 Å². The van der Waals surface area contributed by atoms with Crippen molar-refractivity contribution in [3.8, 4) is 71.0 Å². The number of benzene rings is 12. The minimum Gasteiger partial charge on any atom is -0.311 e. The van der Waals surface area contributed by atoms with Gasteiger partial charge >= 0.3 is 0 Å². The Labute approximate surface area is 535 Å². The van der Waals surface area contributed by atoms with E-state index in [0.717, 1.165) is 117 Å². The van der Waals surface area contributed by atoms with Crippen LogP contribution in [-0.2, 0) is 0 Å². The molecule has 12 aromatic carbocycles. The Kier molecular flexibility index (Phi) is 19.2. The molecule has 1 nitrogen and oxygen atoms in total. The van der Waals surface area contributed by atoms with E-state index in [9.17, 15) is 0 Å². The van der Waals surface area contributed by atoms with E-state index in [2.05, 4.69) is 240 Å². The maximum atomic E-state index is 3.39. The number of rotatable bonds is 9. The Hall–Kier alpha value is -13.0. The third kappa shape index (κ3) is 17.4. The van der Waals surface area contributed by atoms with Crippen LogP contribution in [0, 0.1) is 71.0 Å². The molecular formula is C90H57N. The fourth-order valence-corrected chi connectivity index (χ4v) is 9.90. The molecule has 0 atom stereocenters. The quantitative estimate of drug-likeness (QED) is 0.103. The smallest absolute Gasteiger partial charge is 0.0462 e. The summed E-state index contributed by atoms with van der Waals surface area (Å²) in [5.41, 5.74) is 20.3. The molecule has 12 rings (SSSR count). The molecule has 0 saturated carbocycles. The van der Waals surface area contributed by atoms with Crippen molar-refractivity contribution in [1.29, 1.82) is 0 Å². The normalized spacial score (nSPS) is 10.4. The Morgan fingerprint density at radius 3 is 0.505 bits per heavy atom. The molecule has 0 fully saturated rings. The van der Waals surface area contributed by atoms with Gasteiger partial charge in [-0.15, -0.1) is 0 Å². The number of nitrogens with zero attached hydrogens (tertiary/aromatic N) is 1. The van der Waals surface area contributed by atoms with Crippen LogP contribution in [0.3, 0.4) is 0 Å². The van der Waals surface area contributed by atoms with Crippen molar-refractivity contribution < 1.29 is 0 Å². The van der Waals surface area contributed by atoms with Gasteiger partial charge in [0.2, 0.25) is 0 Å². The molecule has 12 aromatic rings. The van der Waals surface area contributed by atoms with E-state index >= 15 is 0 Å². The average Bonchev–Trinajstić information content (AvgIpc) is 3.60. The molecule has 0 amide bonds. The Bertz CT molecular complexity index is 4250. The van der Waals surface area contributed by atoms with Crippen molar-refractivity contribution >= 4 is 53.5 Å². The molecule has 0 heterocycles. The first-order chi connectivity index (χ1) is 45.0. The fraction of sp³-hybridized carbons (Fsp3) is 0. The Balaban J connectivity index is 0.850. The van der Waals surface area contributed by atoms with E-state index in [1.807, 2.05) is 182 Å². The predicted molar refractivity (Wildman–Crippen MR) is 382 cm³/mol. The van der Waals surface area contributed by atoms with E-state index < -0.39 is 0 Å². The number of anilines is 3. The van der Waals surface area contributed by atoms with Crippen LogP contribution < -0.4 is 4.90 Å². The lowest BCUT2D eigenvalue weighted by Crippen LogP contribution is -2.09. The first kappa shape index (κ1) is 58.4. The summed E-state index contributed by atoms with van der Waals surface area (Å²) in [5, 5.41) is 0. The summed E-state index contributed by atoms with van der Waals surface area (Å²) in [6.45, 7) is 0. The molecule has 422 valence electrons. The fourth-order valence-electron chi connectivity index (χ4n) is 9.90. The van der Waals surface area contributed by atoms with Gasteiger partial charge in [0.05, 0.1) is 0 Å². The van der Waals surface area contributed by atoms with Crippen LogP contribution in [0.15, 0.2) is 309 Å². The van der Waals surface area contributed by atoms with Gasteiger partial charge in [0.25, 0.3) is 0 Å². The van der Waals surface area contributed by atoms with Crippen molar-refractivity contribution in [1.82, 2.24) is 0 Å².